The summed E-state index contributed by atoms with van der Waals surface area (Å²) in [5.74, 6) is -0.245. The quantitative estimate of drug-likeness (QED) is 0.588. The Labute approximate surface area is 155 Å². The predicted octanol–water partition coefficient (Wildman–Crippen LogP) is 3.20. The number of amides is 1. The molecule has 2 aromatic carbocycles. The number of rotatable bonds is 4. The first-order chi connectivity index (χ1) is 13.1. The van der Waals surface area contributed by atoms with Gasteiger partial charge in [0.2, 0.25) is 0 Å². The molecule has 0 aliphatic carbocycles. The minimum Gasteiger partial charge on any atom is -0.345 e. The van der Waals surface area contributed by atoms with Crippen LogP contribution in [0.5, 0.6) is 0 Å². The number of nitrogens with one attached hydrogen (secondary N) is 2. The average Bonchev–Trinajstić information content (AvgIpc) is 3.23. The molecule has 1 amide bonds. The third kappa shape index (κ3) is 3.13. The molecule has 6 heteroatoms. The zero-order chi connectivity index (χ0) is 18.8. The summed E-state index contributed by atoms with van der Waals surface area (Å²) < 4.78 is 1.77. The van der Waals surface area contributed by atoms with Crippen LogP contribution in [-0.2, 0) is 0 Å². The topological polar surface area (TPSA) is 79.8 Å². The molecule has 0 aliphatic rings. The lowest BCUT2D eigenvalue weighted by Gasteiger charge is -2.18. The number of H-pyrrole nitrogens is 1. The molecule has 0 radical (unpaired) electrons. The van der Waals surface area contributed by atoms with Gasteiger partial charge >= 0.3 is 0 Å². The Kier molecular flexibility index (Phi) is 4.30. The number of para-hydroxylation sites is 1. The van der Waals surface area contributed by atoms with Crippen LogP contribution in [0.4, 0.5) is 0 Å². The number of aromatic amines is 1. The van der Waals surface area contributed by atoms with E-state index in [2.05, 4.69) is 15.4 Å². The molecule has 4 aromatic rings. The van der Waals surface area contributed by atoms with Gasteiger partial charge in [0.15, 0.2) is 0 Å². The number of carbonyl (C=O) groups is 1. The number of aromatic nitrogens is 3. The predicted molar refractivity (Wildman–Crippen MR) is 104 cm³/mol. The summed E-state index contributed by atoms with van der Waals surface area (Å²) in [5.41, 5.74) is 2.08. The molecule has 0 fully saturated rings. The summed E-state index contributed by atoms with van der Waals surface area (Å²) >= 11 is 0. The van der Waals surface area contributed by atoms with Crippen LogP contribution in [0.15, 0.2) is 78.0 Å². The lowest BCUT2D eigenvalue weighted by molar-refractivity contribution is 0.0941. The minimum absolute atomic E-state index is 0.209. The second kappa shape index (κ2) is 6.92. The maximum atomic E-state index is 12.9. The van der Waals surface area contributed by atoms with Crippen LogP contribution in [0.3, 0.4) is 0 Å². The second-order valence-corrected chi connectivity index (χ2v) is 6.28. The molecule has 1 atom stereocenters. The van der Waals surface area contributed by atoms with E-state index in [1.54, 1.807) is 29.1 Å². The van der Waals surface area contributed by atoms with E-state index in [9.17, 15) is 9.59 Å². The lowest BCUT2D eigenvalue weighted by Crippen LogP contribution is -2.28. The first-order valence-corrected chi connectivity index (χ1v) is 8.65. The van der Waals surface area contributed by atoms with Crippen LogP contribution in [0.2, 0.25) is 0 Å². The SMILES string of the molecule is C[C@@H](NC(=O)c1c[nH]c(=O)c2ccccc12)c1ccccc1-n1cccn1. The van der Waals surface area contributed by atoms with Crippen LogP contribution in [0.1, 0.15) is 28.9 Å². The third-order valence-electron chi connectivity index (χ3n) is 4.56. The highest BCUT2D eigenvalue weighted by Crippen LogP contribution is 2.22. The fourth-order valence-electron chi connectivity index (χ4n) is 3.22. The van der Waals surface area contributed by atoms with Gasteiger partial charge in [-0.25, -0.2) is 4.68 Å². The van der Waals surface area contributed by atoms with Crippen molar-refractivity contribution in [2.75, 3.05) is 0 Å². The van der Waals surface area contributed by atoms with Crippen LogP contribution in [0, 0.1) is 0 Å². The van der Waals surface area contributed by atoms with Crippen molar-refractivity contribution in [3.05, 3.63) is 94.7 Å². The summed E-state index contributed by atoms with van der Waals surface area (Å²) in [6.45, 7) is 1.92. The lowest BCUT2D eigenvalue weighted by atomic mass is 10.0. The molecule has 4 rings (SSSR count). The van der Waals surface area contributed by atoms with Gasteiger partial charge in [-0.05, 0) is 30.7 Å². The summed E-state index contributed by atoms with van der Waals surface area (Å²) in [6.07, 6.45) is 5.04. The van der Waals surface area contributed by atoms with Crippen molar-refractivity contribution in [2.45, 2.75) is 13.0 Å². The van der Waals surface area contributed by atoms with Crippen molar-refractivity contribution in [3.8, 4) is 5.69 Å². The number of hydrogen-bond acceptors (Lipinski definition) is 3. The van der Waals surface area contributed by atoms with E-state index in [0.717, 1.165) is 11.3 Å². The molecule has 0 spiro atoms. The normalized spacial score (nSPS) is 12.0. The molecule has 6 nitrogen and oxygen atoms in total. The second-order valence-electron chi connectivity index (χ2n) is 6.28. The molecule has 2 N–H and O–H groups in total. The van der Waals surface area contributed by atoms with Crippen LogP contribution >= 0.6 is 0 Å². The standard InChI is InChI=1S/C21H18N4O2/c1-14(15-7-4-5-10-19(15)25-12-6-11-23-25)24-21(27)18-13-22-20(26)17-9-3-2-8-16(17)18/h2-14H,1H3,(H,22,26)(H,24,27)/t14-/m1/s1. The monoisotopic (exact) mass is 358 g/mol. The summed E-state index contributed by atoms with van der Waals surface area (Å²) in [4.78, 5) is 27.5. The van der Waals surface area contributed by atoms with Gasteiger partial charge in [-0.3, -0.25) is 9.59 Å². The van der Waals surface area contributed by atoms with E-state index >= 15 is 0 Å². The van der Waals surface area contributed by atoms with E-state index in [4.69, 9.17) is 0 Å². The Morgan fingerprint density at radius 1 is 1.07 bits per heavy atom. The first kappa shape index (κ1) is 16.8. The Bertz CT molecular complexity index is 1160. The number of benzene rings is 2. The Balaban J connectivity index is 1.67. The van der Waals surface area contributed by atoms with E-state index in [1.165, 1.54) is 6.20 Å². The van der Waals surface area contributed by atoms with Gasteiger partial charge in [0, 0.05) is 29.4 Å². The zero-order valence-corrected chi connectivity index (χ0v) is 14.7. The molecule has 134 valence electrons. The molecule has 0 saturated heterocycles. The van der Waals surface area contributed by atoms with Crippen LogP contribution < -0.4 is 10.9 Å². The highest BCUT2D eigenvalue weighted by atomic mass is 16.2. The van der Waals surface area contributed by atoms with E-state index in [-0.39, 0.29) is 17.5 Å². The third-order valence-corrected chi connectivity index (χ3v) is 4.56. The molecule has 2 heterocycles. The van der Waals surface area contributed by atoms with Gasteiger partial charge in [-0.1, -0.05) is 36.4 Å². The Morgan fingerprint density at radius 3 is 2.59 bits per heavy atom. The van der Waals surface area contributed by atoms with Crippen molar-refractivity contribution < 1.29 is 4.79 Å². The number of pyridine rings is 1. The maximum absolute atomic E-state index is 12.9. The Hall–Kier alpha value is -3.67. The van der Waals surface area contributed by atoms with Crippen molar-refractivity contribution >= 4 is 16.7 Å². The fraction of sp³-hybridized carbons (Fsp3) is 0.0952. The van der Waals surface area contributed by atoms with Crippen LogP contribution in [0.25, 0.3) is 16.5 Å². The van der Waals surface area contributed by atoms with Crippen molar-refractivity contribution in [1.29, 1.82) is 0 Å². The van der Waals surface area contributed by atoms with E-state index < -0.39 is 0 Å². The molecule has 0 aliphatic heterocycles. The highest BCUT2D eigenvalue weighted by Gasteiger charge is 2.17. The minimum atomic E-state index is -0.247. The van der Waals surface area contributed by atoms with Crippen molar-refractivity contribution in [2.24, 2.45) is 0 Å². The van der Waals surface area contributed by atoms with Crippen LogP contribution in [-0.4, -0.2) is 20.7 Å². The first-order valence-electron chi connectivity index (χ1n) is 8.65. The summed E-state index contributed by atoms with van der Waals surface area (Å²) in [5, 5.41) is 8.43. The molecule has 0 bridgehead atoms. The fourth-order valence-corrected chi connectivity index (χ4v) is 3.22. The number of hydrogen-bond donors (Lipinski definition) is 2. The van der Waals surface area contributed by atoms with Gasteiger partial charge in [0.05, 0.1) is 17.3 Å². The van der Waals surface area contributed by atoms with Gasteiger partial charge in [-0.15, -0.1) is 0 Å². The highest BCUT2D eigenvalue weighted by molar-refractivity contribution is 6.06. The summed E-state index contributed by atoms with van der Waals surface area (Å²) in [7, 11) is 0. The molecule has 0 saturated carbocycles. The smallest absolute Gasteiger partial charge is 0.255 e. The van der Waals surface area contributed by atoms with Gasteiger partial charge in [0.1, 0.15) is 0 Å². The number of nitrogens with zero attached hydrogens (tertiary/aromatic N) is 2. The largest absolute Gasteiger partial charge is 0.345 e. The number of fused-ring (bicyclic) bond motifs is 1. The average molecular weight is 358 g/mol. The maximum Gasteiger partial charge on any atom is 0.255 e. The number of carbonyl (C=O) groups excluding carboxylic acids is 1. The molecular weight excluding hydrogens is 340 g/mol. The molecule has 27 heavy (non-hydrogen) atoms. The van der Waals surface area contributed by atoms with Crippen molar-refractivity contribution in [1.82, 2.24) is 20.1 Å². The molecule has 2 aromatic heterocycles. The van der Waals surface area contributed by atoms with Gasteiger partial charge in [0.25, 0.3) is 11.5 Å². The molecular formula is C21H18N4O2. The van der Waals surface area contributed by atoms with E-state index in [0.29, 0.717) is 16.3 Å². The van der Waals surface area contributed by atoms with E-state index in [1.807, 2.05) is 49.5 Å². The Morgan fingerprint density at radius 2 is 1.81 bits per heavy atom. The zero-order valence-electron chi connectivity index (χ0n) is 14.7. The summed E-state index contributed by atoms with van der Waals surface area (Å²) in [6, 6.07) is 16.5. The van der Waals surface area contributed by atoms with Gasteiger partial charge < -0.3 is 10.3 Å². The van der Waals surface area contributed by atoms with Gasteiger partial charge in [-0.2, -0.15) is 5.10 Å². The molecule has 0 unspecified atom stereocenters. The van der Waals surface area contributed by atoms with Crippen molar-refractivity contribution in [3.63, 3.8) is 0 Å².